The topological polar surface area (TPSA) is 72.5 Å². The number of carbonyl (C=O) groups is 3. The third kappa shape index (κ3) is 3.51. The third-order valence-electron chi connectivity index (χ3n) is 2.65. The Bertz CT molecular complexity index is 575. The molecule has 0 aromatic heterocycles. The average Bonchev–Trinajstić information content (AvgIpc) is 2.65. The van der Waals surface area contributed by atoms with E-state index < -0.39 is 17.8 Å². The highest BCUT2D eigenvalue weighted by molar-refractivity contribution is 6.17. The van der Waals surface area contributed by atoms with Gasteiger partial charge in [-0.2, -0.15) is 0 Å². The van der Waals surface area contributed by atoms with E-state index in [1.165, 1.54) is 0 Å². The molecule has 0 unspecified atom stereocenters. The zero-order valence-corrected chi connectivity index (χ0v) is 10.4. The Morgan fingerprint density at radius 3 is 2.74 bits per heavy atom. The molecule has 19 heavy (non-hydrogen) atoms. The van der Waals surface area contributed by atoms with Gasteiger partial charge in [0.25, 0.3) is 11.8 Å². The summed E-state index contributed by atoms with van der Waals surface area (Å²) in [5.41, 5.74) is 2.10. The summed E-state index contributed by atoms with van der Waals surface area (Å²) < 4.78 is 5.06. The van der Waals surface area contributed by atoms with Crippen LogP contribution in [0.15, 0.2) is 35.9 Å². The van der Waals surface area contributed by atoms with Crippen molar-refractivity contribution in [3.8, 4) is 0 Å². The normalized spacial score (nSPS) is 14.1. The highest BCUT2D eigenvalue weighted by atomic mass is 16.5. The molecular weight excluding hydrogens is 246 g/mol. The van der Waals surface area contributed by atoms with Crippen LogP contribution in [0, 0.1) is 6.92 Å². The maximum absolute atomic E-state index is 11.6. The Balaban J connectivity index is 1.87. The van der Waals surface area contributed by atoms with Gasteiger partial charge in [0, 0.05) is 11.6 Å². The molecule has 5 heteroatoms. The molecule has 0 bridgehead atoms. The van der Waals surface area contributed by atoms with Crippen LogP contribution in [0.1, 0.15) is 17.5 Å². The fourth-order valence-electron chi connectivity index (χ4n) is 1.76. The second-order valence-electron chi connectivity index (χ2n) is 4.31. The van der Waals surface area contributed by atoms with Crippen molar-refractivity contribution in [2.75, 3.05) is 0 Å². The number of benzene rings is 1. The maximum atomic E-state index is 11.6. The van der Waals surface area contributed by atoms with Crippen LogP contribution >= 0.6 is 0 Å². The van der Waals surface area contributed by atoms with Crippen LogP contribution in [0.3, 0.4) is 0 Å². The van der Waals surface area contributed by atoms with Crippen LogP contribution in [0.2, 0.25) is 0 Å². The van der Waals surface area contributed by atoms with Gasteiger partial charge >= 0.3 is 5.97 Å². The van der Waals surface area contributed by atoms with E-state index in [-0.39, 0.29) is 18.6 Å². The lowest BCUT2D eigenvalue weighted by Gasteiger charge is -2.05. The molecule has 1 aromatic carbocycles. The lowest BCUT2D eigenvalue weighted by Crippen LogP contribution is -2.23. The van der Waals surface area contributed by atoms with Crippen molar-refractivity contribution < 1.29 is 19.1 Å². The Hall–Kier alpha value is -2.43. The highest BCUT2D eigenvalue weighted by Crippen LogP contribution is 2.10. The number of hydrogen-bond donors (Lipinski definition) is 1. The number of imide groups is 1. The second-order valence-corrected chi connectivity index (χ2v) is 4.31. The van der Waals surface area contributed by atoms with Crippen molar-refractivity contribution in [3.63, 3.8) is 0 Å². The summed E-state index contributed by atoms with van der Waals surface area (Å²) in [6.07, 6.45) is 0.930. The zero-order chi connectivity index (χ0) is 13.8. The number of amides is 2. The molecule has 2 amide bonds. The van der Waals surface area contributed by atoms with Crippen LogP contribution in [0.5, 0.6) is 0 Å². The van der Waals surface area contributed by atoms with Crippen molar-refractivity contribution in [3.05, 3.63) is 47.0 Å². The van der Waals surface area contributed by atoms with Gasteiger partial charge in [-0.15, -0.1) is 0 Å². The van der Waals surface area contributed by atoms with Gasteiger partial charge in [-0.25, -0.2) is 0 Å². The molecule has 5 nitrogen and oxygen atoms in total. The van der Waals surface area contributed by atoms with Gasteiger partial charge in [-0.05, 0) is 12.5 Å². The van der Waals surface area contributed by atoms with Gasteiger partial charge in [-0.1, -0.05) is 29.8 Å². The first-order valence-electron chi connectivity index (χ1n) is 5.81. The summed E-state index contributed by atoms with van der Waals surface area (Å²) in [5.74, 6) is -1.55. The quantitative estimate of drug-likeness (QED) is 0.647. The lowest BCUT2D eigenvalue weighted by atomic mass is 10.1. The molecule has 1 heterocycles. The molecule has 1 aromatic rings. The minimum Gasteiger partial charge on any atom is -0.461 e. The first-order valence-corrected chi connectivity index (χ1v) is 5.81. The van der Waals surface area contributed by atoms with E-state index in [9.17, 15) is 14.4 Å². The van der Waals surface area contributed by atoms with Crippen LogP contribution in [0.25, 0.3) is 0 Å². The molecule has 1 N–H and O–H groups in total. The molecule has 0 saturated carbocycles. The van der Waals surface area contributed by atoms with E-state index in [1.807, 2.05) is 31.2 Å². The van der Waals surface area contributed by atoms with Crippen LogP contribution in [0.4, 0.5) is 0 Å². The Labute approximate surface area is 110 Å². The maximum Gasteiger partial charge on any atom is 0.310 e. The Morgan fingerprint density at radius 1 is 1.32 bits per heavy atom. The molecular formula is C14H13NO4. The molecule has 0 fully saturated rings. The van der Waals surface area contributed by atoms with E-state index in [0.717, 1.165) is 17.2 Å². The van der Waals surface area contributed by atoms with E-state index >= 15 is 0 Å². The Morgan fingerprint density at radius 2 is 2.11 bits per heavy atom. The largest absolute Gasteiger partial charge is 0.461 e. The summed E-state index contributed by atoms with van der Waals surface area (Å²) in [5, 5.41) is 2.08. The van der Waals surface area contributed by atoms with Crippen molar-refractivity contribution in [1.82, 2.24) is 5.32 Å². The third-order valence-corrected chi connectivity index (χ3v) is 2.65. The van der Waals surface area contributed by atoms with Crippen molar-refractivity contribution in [1.29, 1.82) is 0 Å². The van der Waals surface area contributed by atoms with E-state index in [2.05, 4.69) is 5.32 Å². The molecule has 0 spiro atoms. The average molecular weight is 259 g/mol. The molecule has 98 valence electrons. The number of nitrogens with one attached hydrogen (secondary N) is 1. The lowest BCUT2D eigenvalue weighted by molar-refractivity contribution is -0.144. The molecule has 0 atom stereocenters. The first-order chi connectivity index (χ1) is 9.04. The summed E-state index contributed by atoms with van der Waals surface area (Å²) in [4.78, 5) is 33.7. The van der Waals surface area contributed by atoms with Crippen LogP contribution < -0.4 is 5.32 Å². The minimum atomic E-state index is -0.530. The first kappa shape index (κ1) is 13.0. The molecule has 0 aliphatic carbocycles. The number of ether oxygens (including phenoxy) is 1. The molecule has 1 aliphatic heterocycles. The summed E-state index contributed by atoms with van der Waals surface area (Å²) in [7, 11) is 0. The standard InChI is InChI=1S/C14H13NO4/c1-9-3-2-4-10(5-9)8-19-13(17)7-11-6-12(16)15-14(11)18/h2-6H,7-8H2,1H3,(H,15,16,18). The van der Waals surface area contributed by atoms with Gasteiger partial charge in [0.05, 0.1) is 6.42 Å². The molecule has 0 radical (unpaired) electrons. The van der Waals surface area contributed by atoms with Gasteiger partial charge in [0.1, 0.15) is 6.61 Å². The van der Waals surface area contributed by atoms with E-state index in [1.54, 1.807) is 0 Å². The second kappa shape index (κ2) is 5.48. The number of aryl methyl sites for hydroxylation is 1. The molecule has 0 saturated heterocycles. The summed E-state index contributed by atoms with van der Waals surface area (Å²) in [6.45, 7) is 2.11. The van der Waals surface area contributed by atoms with Crippen molar-refractivity contribution in [2.45, 2.75) is 20.0 Å². The van der Waals surface area contributed by atoms with Crippen molar-refractivity contribution in [2.24, 2.45) is 0 Å². The Kier molecular flexibility index (Phi) is 3.75. The van der Waals surface area contributed by atoms with Crippen LogP contribution in [-0.4, -0.2) is 17.8 Å². The fraction of sp³-hybridized carbons (Fsp3) is 0.214. The predicted octanol–water partition coefficient (Wildman–Crippen LogP) is 1.01. The molecule has 1 aliphatic rings. The molecule has 2 rings (SSSR count). The van der Waals surface area contributed by atoms with E-state index in [4.69, 9.17) is 4.74 Å². The summed E-state index contributed by atoms with van der Waals surface area (Å²) in [6, 6.07) is 7.60. The van der Waals surface area contributed by atoms with Gasteiger partial charge in [0.2, 0.25) is 0 Å². The van der Waals surface area contributed by atoms with Crippen LogP contribution in [-0.2, 0) is 25.7 Å². The minimum absolute atomic E-state index is 0.138. The number of rotatable bonds is 4. The number of carbonyl (C=O) groups excluding carboxylic acids is 3. The monoisotopic (exact) mass is 259 g/mol. The number of hydrogen-bond acceptors (Lipinski definition) is 4. The van der Waals surface area contributed by atoms with E-state index in [0.29, 0.717) is 0 Å². The van der Waals surface area contributed by atoms with Gasteiger partial charge < -0.3 is 4.74 Å². The number of esters is 1. The van der Waals surface area contributed by atoms with Gasteiger partial charge in [0.15, 0.2) is 0 Å². The zero-order valence-electron chi connectivity index (χ0n) is 10.4. The van der Waals surface area contributed by atoms with Gasteiger partial charge in [-0.3, -0.25) is 19.7 Å². The smallest absolute Gasteiger partial charge is 0.310 e. The van der Waals surface area contributed by atoms with Crippen molar-refractivity contribution >= 4 is 17.8 Å². The SMILES string of the molecule is Cc1cccc(COC(=O)CC2=CC(=O)NC2=O)c1. The predicted molar refractivity (Wildman–Crippen MR) is 66.8 cm³/mol. The highest BCUT2D eigenvalue weighted by Gasteiger charge is 2.23. The summed E-state index contributed by atoms with van der Waals surface area (Å²) >= 11 is 0. The fourth-order valence-corrected chi connectivity index (χ4v) is 1.76.